The molecule has 0 spiro atoms. The van der Waals surface area contributed by atoms with Crippen LogP contribution in [0.25, 0.3) is 10.9 Å². The number of carbonyl (C=O) groups is 1. The van der Waals surface area contributed by atoms with E-state index < -0.39 is 20.6 Å². The first-order valence-corrected chi connectivity index (χ1v) is 9.89. The van der Waals surface area contributed by atoms with E-state index in [1.54, 1.807) is 58.2 Å². The maximum Gasteiger partial charge on any atom is 0.339 e. The molecule has 2 aromatic rings. The van der Waals surface area contributed by atoms with E-state index in [1.165, 1.54) is 0 Å². The zero-order chi connectivity index (χ0) is 20.0. The number of fused-ring (bicyclic) bond motifs is 1. The maximum atomic E-state index is 12.8. The number of nitrogens with zero attached hydrogens (tertiary/aromatic N) is 2. The zero-order valence-electron chi connectivity index (χ0n) is 15.6. The molecule has 0 saturated carbocycles. The number of pyridine rings is 1. The maximum absolute atomic E-state index is 12.8. The molecule has 27 heavy (non-hydrogen) atoms. The van der Waals surface area contributed by atoms with Crippen LogP contribution in [0.3, 0.4) is 0 Å². The highest BCUT2D eigenvalue weighted by molar-refractivity contribution is 7.92. The van der Waals surface area contributed by atoms with Gasteiger partial charge in [-0.2, -0.15) is 0 Å². The number of sulfone groups is 1. The van der Waals surface area contributed by atoms with E-state index >= 15 is 0 Å². The smallest absolute Gasteiger partial charge is 0.339 e. The molecule has 2 N–H and O–H groups in total. The Morgan fingerprint density at radius 3 is 2.56 bits per heavy atom. The lowest BCUT2D eigenvalue weighted by molar-refractivity contribution is -0.132. The van der Waals surface area contributed by atoms with Gasteiger partial charge in [-0.05, 0) is 57.5 Å². The molecule has 1 aliphatic heterocycles. The van der Waals surface area contributed by atoms with E-state index in [1.807, 2.05) is 0 Å². The number of carboxylic acids is 1. The third-order valence-electron chi connectivity index (χ3n) is 4.43. The minimum Gasteiger partial charge on any atom is -0.478 e. The Bertz CT molecular complexity index is 1110. The number of anilines is 1. The average molecular weight is 387 g/mol. The van der Waals surface area contributed by atoms with Gasteiger partial charge in [-0.1, -0.05) is 0 Å². The number of hydrogen-bond donors (Lipinski definition) is 2. The van der Waals surface area contributed by atoms with Gasteiger partial charge in [0.2, 0.25) is 0 Å². The quantitative estimate of drug-likeness (QED) is 0.838. The van der Waals surface area contributed by atoms with Crippen LogP contribution in [0.5, 0.6) is 0 Å². The van der Waals surface area contributed by atoms with E-state index in [2.05, 4.69) is 15.3 Å². The Morgan fingerprint density at radius 2 is 1.93 bits per heavy atom. The molecule has 0 fully saturated rings. The molecule has 3 rings (SSSR count). The number of amidine groups is 1. The van der Waals surface area contributed by atoms with Crippen molar-refractivity contribution < 1.29 is 18.3 Å². The topological polar surface area (TPSA) is 109 Å². The molecule has 142 valence electrons. The van der Waals surface area contributed by atoms with Crippen LogP contribution in [-0.4, -0.2) is 41.6 Å². The van der Waals surface area contributed by atoms with Crippen LogP contribution in [0, 0.1) is 0 Å². The van der Waals surface area contributed by atoms with E-state index in [9.17, 15) is 18.3 Å². The Morgan fingerprint density at radius 1 is 1.22 bits per heavy atom. The summed E-state index contributed by atoms with van der Waals surface area (Å²) in [5, 5.41) is 13.0. The molecule has 0 radical (unpaired) electrons. The zero-order valence-corrected chi connectivity index (χ0v) is 16.4. The van der Waals surface area contributed by atoms with E-state index in [0.717, 1.165) is 0 Å². The predicted molar refractivity (Wildman–Crippen MR) is 105 cm³/mol. The Hall–Kier alpha value is -2.74. The molecule has 1 aliphatic rings. The Kier molecular flexibility index (Phi) is 4.55. The summed E-state index contributed by atoms with van der Waals surface area (Å²) in [6.45, 7) is 6.98. The second kappa shape index (κ2) is 6.45. The molecule has 1 aromatic heterocycles. The molecule has 0 unspecified atom stereocenters. The number of nitrogens with one attached hydrogen (secondary N) is 1. The lowest BCUT2D eigenvalue weighted by Gasteiger charge is -2.20. The van der Waals surface area contributed by atoms with Crippen molar-refractivity contribution in [3.8, 4) is 0 Å². The van der Waals surface area contributed by atoms with Gasteiger partial charge in [0.15, 0.2) is 9.84 Å². The van der Waals surface area contributed by atoms with Crippen molar-refractivity contribution in [2.45, 2.75) is 37.3 Å². The van der Waals surface area contributed by atoms with Gasteiger partial charge in [-0.25, -0.2) is 13.2 Å². The van der Waals surface area contributed by atoms with Crippen molar-refractivity contribution in [1.29, 1.82) is 0 Å². The monoisotopic (exact) mass is 387 g/mol. The first-order valence-electron chi connectivity index (χ1n) is 8.40. The fourth-order valence-corrected chi connectivity index (χ4v) is 4.05. The lowest BCUT2D eigenvalue weighted by atomic mass is 10.1. The number of carboxylic acid groups (broad SMARTS) is 1. The predicted octanol–water partition coefficient (Wildman–Crippen LogP) is 3.03. The van der Waals surface area contributed by atoms with Gasteiger partial charge in [0.1, 0.15) is 11.4 Å². The summed E-state index contributed by atoms with van der Waals surface area (Å²) >= 11 is 0. The van der Waals surface area contributed by atoms with Crippen molar-refractivity contribution in [2.24, 2.45) is 4.99 Å². The van der Waals surface area contributed by atoms with Crippen LogP contribution in [-0.2, 0) is 14.6 Å². The molecule has 0 aliphatic carbocycles. The second-order valence-corrected chi connectivity index (χ2v) is 10.1. The summed E-state index contributed by atoms with van der Waals surface area (Å²) in [5.74, 6) is -0.790. The van der Waals surface area contributed by atoms with Crippen LogP contribution in [0.15, 0.2) is 51.5 Å². The molecule has 0 bridgehead atoms. The van der Waals surface area contributed by atoms with Gasteiger partial charge in [0, 0.05) is 11.6 Å². The first-order chi connectivity index (χ1) is 12.5. The molecule has 0 amide bonds. The number of aliphatic carboxylic acids is 1. The summed E-state index contributed by atoms with van der Waals surface area (Å²) in [7, 11) is -3.53. The molecule has 2 heterocycles. The largest absolute Gasteiger partial charge is 0.478 e. The fourth-order valence-electron chi connectivity index (χ4n) is 2.83. The van der Waals surface area contributed by atoms with Crippen molar-refractivity contribution >= 4 is 38.2 Å². The van der Waals surface area contributed by atoms with Crippen LogP contribution in [0.1, 0.15) is 27.7 Å². The van der Waals surface area contributed by atoms with Crippen molar-refractivity contribution in [3.05, 3.63) is 41.6 Å². The Labute approximate surface area is 157 Å². The van der Waals surface area contributed by atoms with Gasteiger partial charge in [0.05, 0.1) is 27.4 Å². The van der Waals surface area contributed by atoms with Crippen molar-refractivity contribution in [1.82, 2.24) is 4.98 Å². The van der Waals surface area contributed by atoms with Gasteiger partial charge < -0.3 is 10.4 Å². The summed E-state index contributed by atoms with van der Waals surface area (Å²) in [4.78, 5) is 20.2. The number of rotatable bonds is 3. The van der Waals surface area contributed by atoms with Crippen LogP contribution >= 0.6 is 0 Å². The molecule has 7 nitrogen and oxygen atoms in total. The van der Waals surface area contributed by atoms with E-state index in [-0.39, 0.29) is 16.3 Å². The molecular formula is C19H21N3O4S. The third kappa shape index (κ3) is 3.32. The van der Waals surface area contributed by atoms with Crippen LogP contribution < -0.4 is 5.32 Å². The standard InChI is InChI=1S/C19H21N3O4S/c1-11-10-21-17(16(11)18(23)24)22-15-7-8-20-14-6-5-12(9-13(14)15)27(25,26)19(2,3)4/h5-9H,10H2,1-4H3,(H,23,24)(H,20,21,22). The molecular weight excluding hydrogens is 366 g/mol. The number of aromatic nitrogens is 1. The third-order valence-corrected chi connectivity index (χ3v) is 6.92. The minimum atomic E-state index is -3.53. The average Bonchev–Trinajstić information content (AvgIpc) is 2.94. The van der Waals surface area contributed by atoms with E-state index in [0.29, 0.717) is 28.7 Å². The van der Waals surface area contributed by atoms with Gasteiger partial charge in [-0.3, -0.25) is 9.98 Å². The van der Waals surface area contributed by atoms with Gasteiger partial charge >= 0.3 is 5.97 Å². The molecule has 0 atom stereocenters. The fraction of sp³-hybridized carbons (Fsp3) is 0.316. The van der Waals surface area contributed by atoms with Crippen LogP contribution in [0.4, 0.5) is 5.69 Å². The molecule has 0 saturated heterocycles. The SMILES string of the molecule is CC1=C(C(=O)O)C(Nc2ccnc3ccc(S(=O)(=O)C(C)(C)C)cc23)=NC1. The van der Waals surface area contributed by atoms with Crippen molar-refractivity contribution in [2.75, 3.05) is 11.9 Å². The van der Waals surface area contributed by atoms with Gasteiger partial charge in [-0.15, -0.1) is 0 Å². The van der Waals surface area contributed by atoms with Crippen LogP contribution in [0.2, 0.25) is 0 Å². The highest BCUT2D eigenvalue weighted by Crippen LogP contribution is 2.30. The van der Waals surface area contributed by atoms with Crippen molar-refractivity contribution in [3.63, 3.8) is 0 Å². The molecule has 1 aromatic carbocycles. The molecule has 8 heteroatoms. The van der Waals surface area contributed by atoms with Gasteiger partial charge in [0.25, 0.3) is 0 Å². The second-order valence-electron chi connectivity index (χ2n) is 7.40. The Balaban J connectivity index is 2.10. The van der Waals surface area contributed by atoms with E-state index in [4.69, 9.17) is 0 Å². The highest BCUT2D eigenvalue weighted by atomic mass is 32.2. The first kappa shape index (κ1) is 19.0. The lowest BCUT2D eigenvalue weighted by Crippen LogP contribution is -2.27. The summed E-state index contributed by atoms with van der Waals surface area (Å²) < 4.78 is 24.6. The summed E-state index contributed by atoms with van der Waals surface area (Å²) in [6, 6.07) is 6.43. The number of benzene rings is 1. The normalized spacial score (nSPS) is 15.2. The minimum absolute atomic E-state index is 0.137. The number of hydrogen-bond acceptors (Lipinski definition) is 6. The highest BCUT2D eigenvalue weighted by Gasteiger charge is 2.31. The number of aliphatic imine (C=N–C) groups is 1. The summed E-state index contributed by atoms with van der Waals surface area (Å²) in [6.07, 6.45) is 1.58. The summed E-state index contributed by atoms with van der Waals surface area (Å²) in [5.41, 5.74) is 1.96.